The minimum atomic E-state index is -0.577. The van der Waals surface area contributed by atoms with Crippen LogP contribution >= 0.6 is 27.5 Å². The Labute approximate surface area is 130 Å². The summed E-state index contributed by atoms with van der Waals surface area (Å²) in [6.07, 6.45) is -0.391. The van der Waals surface area contributed by atoms with Gasteiger partial charge in [-0.25, -0.2) is 4.39 Å². The van der Waals surface area contributed by atoms with Gasteiger partial charge in [0.25, 0.3) is 0 Å². The number of hydrogen-bond donors (Lipinski definition) is 1. The summed E-state index contributed by atoms with van der Waals surface area (Å²) in [4.78, 5) is 0. The molecule has 0 spiro atoms. The number of hydrogen-bond acceptors (Lipinski definition) is 2. The molecule has 106 valence electrons. The van der Waals surface area contributed by atoms with Crippen LogP contribution in [0.5, 0.6) is 5.75 Å². The van der Waals surface area contributed by atoms with E-state index in [0.717, 1.165) is 4.47 Å². The molecule has 2 rings (SSSR count). The SMILES string of the molecule is CC(Oc1cccc(Cl)c1)C(N)c1cc(Br)ccc1F. The summed E-state index contributed by atoms with van der Waals surface area (Å²) < 4.78 is 20.3. The minimum Gasteiger partial charge on any atom is -0.489 e. The van der Waals surface area contributed by atoms with E-state index >= 15 is 0 Å². The second-order valence-corrected chi connectivity index (χ2v) is 5.82. The van der Waals surface area contributed by atoms with Gasteiger partial charge in [-0.15, -0.1) is 0 Å². The first-order valence-corrected chi connectivity index (χ1v) is 7.27. The first-order valence-electron chi connectivity index (χ1n) is 6.10. The van der Waals surface area contributed by atoms with E-state index in [1.54, 1.807) is 43.3 Å². The molecule has 0 aliphatic rings. The molecule has 2 N–H and O–H groups in total. The average Bonchev–Trinajstić information content (AvgIpc) is 2.40. The number of rotatable bonds is 4. The first kappa shape index (κ1) is 15.3. The molecule has 0 aromatic heterocycles. The van der Waals surface area contributed by atoms with Gasteiger partial charge in [-0.3, -0.25) is 0 Å². The third-order valence-electron chi connectivity index (χ3n) is 2.94. The Kier molecular flexibility index (Phi) is 5.02. The van der Waals surface area contributed by atoms with E-state index in [4.69, 9.17) is 22.1 Å². The molecule has 0 aliphatic heterocycles. The van der Waals surface area contributed by atoms with E-state index in [1.807, 2.05) is 0 Å². The third kappa shape index (κ3) is 3.72. The van der Waals surface area contributed by atoms with Crippen molar-refractivity contribution in [3.8, 4) is 5.75 Å². The highest BCUT2D eigenvalue weighted by atomic mass is 79.9. The smallest absolute Gasteiger partial charge is 0.128 e. The maximum Gasteiger partial charge on any atom is 0.128 e. The molecule has 5 heteroatoms. The summed E-state index contributed by atoms with van der Waals surface area (Å²) in [6.45, 7) is 1.80. The second-order valence-electron chi connectivity index (χ2n) is 4.47. The molecule has 0 amide bonds. The van der Waals surface area contributed by atoms with Crippen molar-refractivity contribution in [2.75, 3.05) is 0 Å². The zero-order valence-corrected chi connectivity index (χ0v) is 13.2. The molecule has 0 radical (unpaired) electrons. The van der Waals surface area contributed by atoms with Crippen molar-refractivity contribution in [1.29, 1.82) is 0 Å². The van der Waals surface area contributed by atoms with Crippen molar-refractivity contribution in [2.45, 2.75) is 19.1 Å². The van der Waals surface area contributed by atoms with Crippen LogP contribution in [0.1, 0.15) is 18.5 Å². The fourth-order valence-electron chi connectivity index (χ4n) is 1.85. The maximum absolute atomic E-state index is 13.8. The van der Waals surface area contributed by atoms with Gasteiger partial charge in [-0.05, 0) is 43.3 Å². The van der Waals surface area contributed by atoms with Gasteiger partial charge < -0.3 is 10.5 Å². The lowest BCUT2D eigenvalue weighted by atomic mass is 10.0. The molecular weight excluding hydrogens is 345 g/mol. The van der Waals surface area contributed by atoms with Gasteiger partial charge in [0.1, 0.15) is 17.7 Å². The van der Waals surface area contributed by atoms with E-state index < -0.39 is 12.1 Å². The van der Waals surface area contributed by atoms with Gasteiger partial charge in [-0.2, -0.15) is 0 Å². The molecule has 0 saturated carbocycles. The van der Waals surface area contributed by atoms with Crippen molar-refractivity contribution in [1.82, 2.24) is 0 Å². The minimum absolute atomic E-state index is 0.345. The number of halogens is 3. The van der Waals surface area contributed by atoms with Gasteiger partial charge in [0.15, 0.2) is 0 Å². The average molecular weight is 359 g/mol. The highest BCUT2D eigenvalue weighted by Gasteiger charge is 2.20. The lowest BCUT2D eigenvalue weighted by molar-refractivity contribution is 0.188. The van der Waals surface area contributed by atoms with Gasteiger partial charge in [0.05, 0.1) is 6.04 Å². The van der Waals surface area contributed by atoms with Crippen molar-refractivity contribution < 1.29 is 9.13 Å². The summed E-state index contributed by atoms with van der Waals surface area (Å²) in [5.41, 5.74) is 6.49. The van der Waals surface area contributed by atoms with Crippen LogP contribution in [0.15, 0.2) is 46.9 Å². The van der Waals surface area contributed by atoms with E-state index in [1.165, 1.54) is 6.07 Å². The van der Waals surface area contributed by atoms with Crippen LogP contribution in [0.25, 0.3) is 0 Å². The quantitative estimate of drug-likeness (QED) is 0.859. The monoisotopic (exact) mass is 357 g/mol. The van der Waals surface area contributed by atoms with Crippen LogP contribution in [0, 0.1) is 5.82 Å². The molecule has 2 atom stereocenters. The molecule has 2 unspecified atom stereocenters. The molecule has 0 heterocycles. The fraction of sp³-hybridized carbons (Fsp3) is 0.200. The molecule has 20 heavy (non-hydrogen) atoms. The number of benzene rings is 2. The Morgan fingerprint density at radius 3 is 2.70 bits per heavy atom. The summed E-state index contributed by atoms with van der Waals surface area (Å²) in [7, 11) is 0. The van der Waals surface area contributed by atoms with Gasteiger partial charge in [0, 0.05) is 15.1 Å². The Bertz CT molecular complexity index is 608. The van der Waals surface area contributed by atoms with Crippen molar-refractivity contribution in [3.05, 3.63) is 63.3 Å². The van der Waals surface area contributed by atoms with Crippen molar-refractivity contribution in [2.24, 2.45) is 5.73 Å². The number of nitrogens with two attached hydrogens (primary N) is 1. The van der Waals surface area contributed by atoms with Crippen LogP contribution in [0.4, 0.5) is 4.39 Å². The van der Waals surface area contributed by atoms with Crippen LogP contribution < -0.4 is 10.5 Å². The second kappa shape index (κ2) is 6.57. The predicted molar refractivity (Wildman–Crippen MR) is 82.6 cm³/mol. The standard InChI is InChI=1S/C15H14BrClFNO/c1-9(20-12-4-2-3-11(17)8-12)15(19)13-7-10(16)5-6-14(13)18/h2-9,15H,19H2,1H3. The third-order valence-corrected chi connectivity index (χ3v) is 3.67. The summed E-state index contributed by atoms with van der Waals surface area (Å²) in [6, 6.07) is 11.1. The summed E-state index contributed by atoms with van der Waals surface area (Å²) in [5.74, 6) is 0.262. The fourth-order valence-corrected chi connectivity index (χ4v) is 2.41. The van der Waals surface area contributed by atoms with Crippen molar-refractivity contribution in [3.63, 3.8) is 0 Å². The van der Waals surface area contributed by atoms with Crippen LogP contribution in [-0.4, -0.2) is 6.10 Å². The molecule has 2 nitrogen and oxygen atoms in total. The molecule has 0 fully saturated rings. The number of ether oxygens (including phenoxy) is 1. The Morgan fingerprint density at radius 2 is 2.00 bits per heavy atom. The summed E-state index contributed by atoms with van der Waals surface area (Å²) >= 11 is 9.20. The Balaban J connectivity index is 2.16. The Hall–Kier alpha value is -1.10. The Morgan fingerprint density at radius 1 is 1.25 bits per heavy atom. The van der Waals surface area contributed by atoms with E-state index in [-0.39, 0.29) is 5.82 Å². The largest absolute Gasteiger partial charge is 0.489 e. The molecule has 0 bridgehead atoms. The molecule has 0 saturated heterocycles. The van der Waals surface area contributed by atoms with Gasteiger partial charge >= 0.3 is 0 Å². The zero-order chi connectivity index (χ0) is 14.7. The van der Waals surface area contributed by atoms with E-state index in [0.29, 0.717) is 16.3 Å². The predicted octanol–water partition coefficient (Wildman–Crippen LogP) is 4.71. The van der Waals surface area contributed by atoms with Crippen LogP contribution in [0.3, 0.4) is 0 Å². The highest BCUT2D eigenvalue weighted by molar-refractivity contribution is 9.10. The zero-order valence-electron chi connectivity index (χ0n) is 10.8. The lowest BCUT2D eigenvalue weighted by Crippen LogP contribution is -2.29. The van der Waals surface area contributed by atoms with Gasteiger partial charge in [0.2, 0.25) is 0 Å². The van der Waals surface area contributed by atoms with E-state index in [9.17, 15) is 4.39 Å². The molecule has 2 aromatic carbocycles. The normalized spacial score (nSPS) is 13.8. The lowest BCUT2D eigenvalue weighted by Gasteiger charge is -2.22. The topological polar surface area (TPSA) is 35.2 Å². The van der Waals surface area contributed by atoms with Gasteiger partial charge in [-0.1, -0.05) is 33.6 Å². The molecule has 2 aromatic rings. The maximum atomic E-state index is 13.8. The van der Waals surface area contributed by atoms with Crippen LogP contribution in [-0.2, 0) is 0 Å². The highest BCUT2D eigenvalue weighted by Crippen LogP contribution is 2.26. The molecular formula is C15H14BrClFNO. The summed E-state index contributed by atoms with van der Waals surface area (Å²) in [5, 5.41) is 0.580. The first-order chi connectivity index (χ1) is 9.47. The van der Waals surface area contributed by atoms with E-state index in [2.05, 4.69) is 15.9 Å². The van der Waals surface area contributed by atoms with Crippen molar-refractivity contribution >= 4 is 27.5 Å². The van der Waals surface area contributed by atoms with Crippen LogP contribution in [0.2, 0.25) is 5.02 Å². The molecule has 0 aliphatic carbocycles.